The minimum atomic E-state index is -1.17. The van der Waals surface area contributed by atoms with Crippen LogP contribution in [0.4, 0.5) is 5.69 Å². The number of halogens is 1. The van der Waals surface area contributed by atoms with E-state index in [0.29, 0.717) is 34.9 Å². The number of carboxylic acid groups (broad SMARTS) is 1. The summed E-state index contributed by atoms with van der Waals surface area (Å²) in [7, 11) is 0. The number of anilines is 1. The van der Waals surface area contributed by atoms with Crippen molar-refractivity contribution in [3.63, 3.8) is 0 Å². The number of carboxylic acids is 1. The molecule has 1 heterocycles. The van der Waals surface area contributed by atoms with E-state index in [1.165, 1.54) is 6.92 Å². The first-order valence-corrected chi connectivity index (χ1v) is 6.91. The molecule has 0 radical (unpaired) electrons. The van der Waals surface area contributed by atoms with Gasteiger partial charge < -0.3 is 19.9 Å². The highest BCUT2D eigenvalue weighted by Gasteiger charge is 2.22. The minimum absolute atomic E-state index is 0.458. The Morgan fingerprint density at radius 3 is 2.75 bits per heavy atom. The molecule has 1 aromatic rings. The lowest BCUT2D eigenvalue weighted by Crippen LogP contribution is -2.26. The second-order valence-corrected chi connectivity index (χ2v) is 5.24. The van der Waals surface area contributed by atoms with Gasteiger partial charge in [0.2, 0.25) is 5.91 Å². The van der Waals surface area contributed by atoms with Crippen molar-refractivity contribution >= 4 is 33.5 Å². The molecule has 2 rings (SSSR count). The number of rotatable bonds is 3. The van der Waals surface area contributed by atoms with Crippen LogP contribution in [0.2, 0.25) is 0 Å². The van der Waals surface area contributed by atoms with Gasteiger partial charge in [-0.15, -0.1) is 0 Å². The van der Waals surface area contributed by atoms with Gasteiger partial charge in [0.05, 0.1) is 17.7 Å². The molecule has 1 unspecified atom stereocenters. The third kappa shape index (κ3) is 3.22. The Morgan fingerprint density at radius 1 is 1.35 bits per heavy atom. The Kier molecular flexibility index (Phi) is 4.49. The van der Waals surface area contributed by atoms with Crippen molar-refractivity contribution in [3.05, 3.63) is 16.6 Å². The van der Waals surface area contributed by atoms with Crippen LogP contribution in [0.3, 0.4) is 0 Å². The molecule has 0 bridgehead atoms. The van der Waals surface area contributed by atoms with Gasteiger partial charge in [0, 0.05) is 18.2 Å². The molecule has 1 amide bonds. The zero-order valence-corrected chi connectivity index (χ0v) is 12.4. The summed E-state index contributed by atoms with van der Waals surface area (Å²) >= 11 is 3.35. The van der Waals surface area contributed by atoms with Gasteiger partial charge in [-0.05, 0) is 28.9 Å². The summed E-state index contributed by atoms with van der Waals surface area (Å²) in [4.78, 5) is 22.5. The molecule has 20 heavy (non-hydrogen) atoms. The van der Waals surface area contributed by atoms with Gasteiger partial charge in [0.1, 0.15) is 5.92 Å². The van der Waals surface area contributed by atoms with Gasteiger partial charge >= 0.3 is 5.97 Å². The van der Waals surface area contributed by atoms with Crippen LogP contribution in [0.5, 0.6) is 11.5 Å². The first-order chi connectivity index (χ1) is 9.49. The predicted octanol–water partition coefficient (Wildman–Crippen LogP) is 2.27. The van der Waals surface area contributed by atoms with E-state index < -0.39 is 17.8 Å². The van der Waals surface area contributed by atoms with Crippen molar-refractivity contribution in [2.45, 2.75) is 13.3 Å². The lowest BCUT2D eigenvalue weighted by molar-refractivity contribution is -0.144. The highest BCUT2D eigenvalue weighted by atomic mass is 79.9. The maximum Gasteiger partial charge on any atom is 0.315 e. The van der Waals surface area contributed by atoms with Crippen LogP contribution in [0.1, 0.15) is 13.3 Å². The average molecular weight is 344 g/mol. The van der Waals surface area contributed by atoms with Gasteiger partial charge in [-0.25, -0.2) is 0 Å². The van der Waals surface area contributed by atoms with Crippen molar-refractivity contribution in [3.8, 4) is 11.5 Å². The summed E-state index contributed by atoms with van der Waals surface area (Å²) in [6.45, 7) is 2.42. The average Bonchev–Trinajstić information content (AvgIpc) is 2.63. The van der Waals surface area contributed by atoms with Crippen LogP contribution in [-0.2, 0) is 9.59 Å². The first-order valence-electron chi connectivity index (χ1n) is 6.12. The van der Waals surface area contributed by atoms with E-state index in [1.54, 1.807) is 12.1 Å². The SMILES string of the molecule is CC(C(=O)O)C(=O)Nc1cc(Br)c2c(c1)OCCCO2. The summed E-state index contributed by atoms with van der Waals surface area (Å²) in [6.07, 6.45) is 0.777. The minimum Gasteiger partial charge on any atom is -0.489 e. The van der Waals surface area contributed by atoms with Crippen molar-refractivity contribution in [1.82, 2.24) is 0 Å². The molecule has 6 nitrogen and oxygen atoms in total. The summed E-state index contributed by atoms with van der Waals surface area (Å²) in [6, 6.07) is 3.28. The number of hydrogen-bond acceptors (Lipinski definition) is 4. The fraction of sp³-hybridized carbons (Fsp3) is 0.385. The lowest BCUT2D eigenvalue weighted by atomic mass is 10.1. The Labute approximate surface area is 124 Å². The quantitative estimate of drug-likeness (QED) is 0.822. The number of hydrogen-bond donors (Lipinski definition) is 2. The van der Waals surface area contributed by atoms with Crippen LogP contribution < -0.4 is 14.8 Å². The lowest BCUT2D eigenvalue weighted by Gasteiger charge is -2.13. The number of carbonyl (C=O) groups is 2. The maximum absolute atomic E-state index is 11.7. The largest absolute Gasteiger partial charge is 0.489 e. The molecule has 0 fully saturated rings. The van der Waals surface area contributed by atoms with Gasteiger partial charge in [-0.1, -0.05) is 0 Å². The number of carbonyl (C=O) groups excluding carboxylic acids is 1. The number of fused-ring (bicyclic) bond motifs is 1. The van der Waals surface area contributed by atoms with Crippen molar-refractivity contribution < 1.29 is 24.2 Å². The molecule has 0 saturated carbocycles. The van der Waals surface area contributed by atoms with E-state index >= 15 is 0 Å². The fourth-order valence-corrected chi connectivity index (χ4v) is 2.22. The van der Waals surface area contributed by atoms with Crippen molar-refractivity contribution in [1.29, 1.82) is 0 Å². The number of ether oxygens (including phenoxy) is 2. The Morgan fingerprint density at radius 2 is 2.05 bits per heavy atom. The third-order valence-electron chi connectivity index (χ3n) is 2.83. The molecule has 108 valence electrons. The van der Waals surface area contributed by atoms with Crippen LogP contribution in [0.15, 0.2) is 16.6 Å². The topological polar surface area (TPSA) is 84.9 Å². The Balaban J connectivity index is 2.21. The van der Waals surface area contributed by atoms with Crippen LogP contribution >= 0.6 is 15.9 Å². The van der Waals surface area contributed by atoms with Gasteiger partial charge in [0.25, 0.3) is 0 Å². The van der Waals surface area contributed by atoms with Crippen LogP contribution in [0.25, 0.3) is 0 Å². The second kappa shape index (κ2) is 6.13. The molecular weight excluding hydrogens is 330 g/mol. The zero-order chi connectivity index (χ0) is 14.7. The molecule has 0 aromatic heterocycles. The van der Waals surface area contributed by atoms with E-state index in [4.69, 9.17) is 14.6 Å². The zero-order valence-electron chi connectivity index (χ0n) is 10.8. The highest BCUT2D eigenvalue weighted by molar-refractivity contribution is 9.10. The molecule has 2 N–H and O–H groups in total. The smallest absolute Gasteiger partial charge is 0.315 e. The van der Waals surface area contributed by atoms with Crippen LogP contribution in [-0.4, -0.2) is 30.2 Å². The van der Waals surface area contributed by atoms with E-state index in [2.05, 4.69) is 21.2 Å². The summed E-state index contributed by atoms with van der Waals surface area (Å²) in [5.74, 6) is -1.76. The van der Waals surface area contributed by atoms with Crippen molar-refractivity contribution in [2.75, 3.05) is 18.5 Å². The van der Waals surface area contributed by atoms with E-state index in [1.807, 2.05) is 0 Å². The normalized spacial score (nSPS) is 15.1. The monoisotopic (exact) mass is 343 g/mol. The second-order valence-electron chi connectivity index (χ2n) is 4.38. The van der Waals surface area contributed by atoms with Gasteiger partial charge in [-0.3, -0.25) is 9.59 Å². The number of amides is 1. The van der Waals surface area contributed by atoms with Crippen molar-refractivity contribution in [2.24, 2.45) is 5.92 Å². The molecule has 7 heteroatoms. The Hall–Kier alpha value is -1.76. The molecule has 0 saturated heterocycles. The third-order valence-corrected chi connectivity index (χ3v) is 3.42. The molecular formula is C13H14BrNO5. The number of aliphatic carboxylic acids is 1. The summed E-state index contributed by atoms with van der Waals surface area (Å²) in [5.41, 5.74) is 0.458. The van der Waals surface area contributed by atoms with Gasteiger partial charge in [-0.2, -0.15) is 0 Å². The summed E-state index contributed by atoms with van der Waals surface area (Å²) < 4.78 is 11.7. The standard InChI is InChI=1S/C13H14BrNO5/c1-7(13(17)18)12(16)15-8-5-9(14)11-10(6-8)19-3-2-4-20-11/h5-7H,2-4H2,1H3,(H,15,16)(H,17,18). The van der Waals surface area contributed by atoms with E-state index in [0.717, 1.165) is 6.42 Å². The van der Waals surface area contributed by atoms with Crippen LogP contribution in [0, 0.1) is 5.92 Å². The molecule has 1 aromatic carbocycles. The summed E-state index contributed by atoms with van der Waals surface area (Å²) in [5, 5.41) is 11.3. The molecule has 1 atom stereocenters. The molecule has 0 spiro atoms. The van der Waals surface area contributed by atoms with Gasteiger partial charge in [0.15, 0.2) is 11.5 Å². The molecule has 0 aliphatic carbocycles. The predicted molar refractivity (Wildman–Crippen MR) is 75.2 cm³/mol. The Bertz CT molecular complexity index is 546. The van der Waals surface area contributed by atoms with E-state index in [9.17, 15) is 9.59 Å². The van der Waals surface area contributed by atoms with E-state index in [-0.39, 0.29) is 0 Å². The fourth-order valence-electron chi connectivity index (χ4n) is 1.67. The first kappa shape index (κ1) is 14.6. The number of nitrogens with one attached hydrogen (secondary N) is 1. The molecule has 1 aliphatic rings. The molecule has 1 aliphatic heterocycles. The maximum atomic E-state index is 11.7. The number of benzene rings is 1. The highest BCUT2D eigenvalue weighted by Crippen LogP contribution is 2.39.